The van der Waals surface area contributed by atoms with Gasteiger partial charge in [-0.2, -0.15) is 0 Å². The summed E-state index contributed by atoms with van der Waals surface area (Å²) in [6.45, 7) is 1.98. The van der Waals surface area contributed by atoms with Gasteiger partial charge in [-0.3, -0.25) is 0 Å². The van der Waals surface area contributed by atoms with Gasteiger partial charge in [0.25, 0.3) is 0 Å². The van der Waals surface area contributed by atoms with Crippen LogP contribution >= 0.6 is 22.9 Å². The van der Waals surface area contributed by atoms with Crippen LogP contribution in [0.15, 0.2) is 6.20 Å². The van der Waals surface area contributed by atoms with E-state index < -0.39 is 0 Å². The van der Waals surface area contributed by atoms with E-state index in [1.165, 1.54) is 11.3 Å². The highest BCUT2D eigenvalue weighted by Gasteiger charge is 1.88. The van der Waals surface area contributed by atoms with Crippen molar-refractivity contribution in [2.24, 2.45) is 0 Å². The number of thiazole rings is 1. The monoisotopic (exact) mass is 150 g/mol. The molecule has 0 bridgehead atoms. The molecule has 0 fully saturated rings. The molecule has 0 spiro atoms. The van der Waals surface area contributed by atoms with Gasteiger partial charge >= 0.3 is 0 Å². The molecule has 0 radical (unpaired) electrons. The van der Waals surface area contributed by atoms with E-state index in [-0.39, 0.29) is 6.15 Å². The number of nitrogens with zero attached hydrogens (tertiary/aromatic N) is 1. The third-order valence-electron chi connectivity index (χ3n) is 0.593. The molecule has 0 aliphatic heterocycles. The second-order valence-electron chi connectivity index (χ2n) is 1.22. The second kappa shape index (κ2) is 3.02. The number of halogens is 1. The quantitative estimate of drug-likeness (QED) is 0.617. The van der Waals surface area contributed by atoms with Gasteiger partial charge < -0.3 is 6.15 Å². The first-order chi connectivity index (χ1) is 3.29. The molecule has 1 aromatic heterocycles. The number of hydrogen-bond donors (Lipinski definition) is 1. The van der Waals surface area contributed by atoms with Crippen LogP contribution in [-0.2, 0) is 0 Å². The van der Waals surface area contributed by atoms with E-state index in [4.69, 9.17) is 11.6 Å². The molecule has 0 aliphatic rings. The van der Waals surface area contributed by atoms with Gasteiger partial charge in [0.05, 0.1) is 0 Å². The summed E-state index contributed by atoms with van der Waals surface area (Å²) in [6, 6.07) is 0. The van der Waals surface area contributed by atoms with Crippen molar-refractivity contribution in [3.05, 3.63) is 15.5 Å². The second-order valence-corrected chi connectivity index (χ2v) is 3.04. The topological polar surface area (TPSA) is 47.9 Å². The van der Waals surface area contributed by atoms with Crippen molar-refractivity contribution in [2.45, 2.75) is 6.92 Å². The molecule has 1 heterocycles. The maximum absolute atomic E-state index is 5.47. The minimum Gasteiger partial charge on any atom is -0.344 e. The molecule has 46 valence electrons. The molecule has 0 amide bonds. The van der Waals surface area contributed by atoms with E-state index in [1.807, 2.05) is 6.92 Å². The fourth-order valence-corrected chi connectivity index (χ4v) is 1.22. The van der Waals surface area contributed by atoms with Crippen molar-refractivity contribution in [3.8, 4) is 0 Å². The summed E-state index contributed by atoms with van der Waals surface area (Å²) in [6.07, 6.45) is 1.76. The summed E-state index contributed by atoms with van der Waals surface area (Å²) in [4.78, 5) is 4.96. The molecule has 0 saturated heterocycles. The van der Waals surface area contributed by atoms with Crippen molar-refractivity contribution in [1.29, 1.82) is 0 Å². The van der Waals surface area contributed by atoms with Gasteiger partial charge in [0, 0.05) is 11.1 Å². The van der Waals surface area contributed by atoms with Crippen molar-refractivity contribution >= 4 is 22.9 Å². The first kappa shape index (κ1) is 7.88. The third kappa shape index (κ3) is 1.78. The van der Waals surface area contributed by atoms with Crippen LogP contribution in [-0.4, -0.2) is 4.98 Å². The Morgan fingerprint density at radius 1 is 1.75 bits per heavy atom. The van der Waals surface area contributed by atoms with E-state index in [0.29, 0.717) is 4.47 Å². The van der Waals surface area contributed by atoms with E-state index in [2.05, 4.69) is 4.98 Å². The molecule has 0 saturated carbocycles. The standard InChI is InChI=1S/C4H4ClNS.H3N/c1-3-2-6-4(5)7-3;/h2H,1H3;1H3. The number of hydrogen-bond acceptors (Lipinski definition) is 3. The molecule has 0 aromatic carbocycles. The first-order valence-electron chi connectivity index (χ1n) is 1.87. The highest BCUT2D eigenvalue weighted by molar-refractivity contribution is 7.15. The maximum Gasteiger partial charge on any atom is 0.183 e. The Hall–Kier alpha value is -0.120. The van der Waals surface area contributed by atoms with Crippen molar-refractivity contribution in [1.82, 2.24) is 11.1 Å². The maximum atomic E-state index is 5.47. The average Bonchev–Trinajstić information content (AvgIpc) is 1.87. The smallest absolute Gasteiger partial charge is 0.183 e. The number of aryl methyl sites for hydroxylation is 1. The van der Waals surface area contributed by atoms with Gasteiger partial charge in [-0.1, -0.05) is 11.6 Å². The molecular weight excluding hydrogens is 144 g/mol. The van der Waals surface area contributed by atoms with E-state index in [1.54, 1.807) is 6.20 Å². The molecule has 2 nitrogen and oxygen atoms in total. The predicted octanol–water partition coefficient (Wildman–Crippen LogP) is 2.27. The van der Waals surface area contributed by atoms with Gasteiger partial charge in [0.15, 0.2) is 4.47 Å². The third-order valence-corrected chi connectivity index (χ3v) is 1.62. The lowest BCUT2D eigenvalue weighted by atomic mass is 10.7. The van der Waals surface area contributed by atoms with Crippen molar-refractivity contribution in [2.75, 3.05) is 0 Å². The van der Waals surface area contributed by atoms with Gasteiger partial charge in [-0.05, 0) is 6.92 Å². The van der Waals surface area contributed by atoms with E-state index >= 15 is 0 Å². The lowest BCUT2D eigenvalue weighted by Crippen LogP contribution is -1.50. The molecule has 1 aromatic rings. The SMILES string of the molecule is Cc1cnc(Cl)s1.N. The van der Waals surface area contributed by atoms with Gasteiger partial charge in [0.2, 0.25) is 0 Å². The zero-order valence-corrected chi connectivity index (χ0v) is 6.09. The van der Waals surface area contributed by atoms with Crippen LogP contribution < -0.4 is 6.15 Å². The number of aromatic nitrogens is 1. The molecule has 8 heavy (non-hydrogen) atoms. The Kier molecular flexibility index (Phi) is 2.97. The highest BCUT2D eigenvalue weighted by atomic mass is 35.5. The predicted molar refractivity (Wildman–Crippen MR) is 36.9 cm³/mol. The Labute approximate surface area is 57.1 Å². The molecule has 4 heteroatoms. The Morgan fingerprint density at radius 3 is 2.50 bits per heavy atom. The van der Waals surface area contributed by atoms with Gasteiger partial charge in [-0.15, -0.1) is 11.3 Å². The minimum atomic E-state index is 0. The van der Waals surface area contributed by atoms with Crippen LogP contribution in [0.2, 0.25) is 4.47 Å². The number of rotatable bonds is 0. The Balaban J connectivity index is 0.000000490. The molecule has 3 N–H and O–H groups in total. The van der Waals surface area contributed by atoms with Crippen LogP contribution in [0.25, 0.3) is 0 Å². The average molecular weight is 151 g/mol. The molecule has 0 aliphatic carbocycles. The molecular formula is C4H7ClN2S. The normalized spacial score (nSPS) is 8.25. The fraction of sp³-hybridized carbons (Fsp3) is 0.250. The summed E-state index contributed by atoms with van der Waals surface area (Å²) in [5.74, 6) is 0. The minimum absolute atomic E-state index is 0. The zero-order chi connectivity index (χ0) is 5.28. The molecule has 0 atom stereocenters. The summed E-state index contributed by atoms with van der Waals surface area (Å²) < 4.78 is 0.623. The first-order valence-corrected chi connectivity index (χ1v) is 3.06. The van der Waals surface area contributed by atoms with Crippen molar-refractivity contribution < 1.29 is 0 Å². The van der Waals surface area contributed by atoms with Crippen LogP contribution in [0.3, 0.4) is 0 Å². The summed E-state index contributed by atoms with van der Waals surface area (Å²) in [7, 11) is 0. The van der Waals surface area contributed by atoms with Crippen molar-refractivity contribution in [3.63, 3.8) is 0 Å². The fourth-order valence-electron chi connectivity index (χ4n) is 0.327. The van der Waals surface area contributed by atoms with Crippen LogP contribution in [0.5, 0.6) is 0 Å². The molecule has 1 rings (SSSR count). The summed E-state index contributed by atoms with van der Waals surface area (Å²) in [5.41, 5.74) is 0. The van der Waals surface area contributed by atoms with E-state index in [0.717, 1.165) is 4.88 Å². The molecule has 0 unspecified atom stereocenters. The van der Waals surface area contributed by atoms with Crippen LogP contribution in [0.4, 0.5) is 0 Å². The Morgan fingerprint density at radius 2 is 2.38 bits per heavy atom. The van der Waals surface area contributed by atoms with E-state index in [9.17, 15) is 0 Å². The van der Waals surface area contributed by atoms with Gasteiger partial charge in [-0.25, -0.2) is 4.98 Å². The zero-order valence-electron chi connectivity index (χ0n) is 4.52. The lowest BCUT2D eigenvalue weighted by Gasteiger charge is -1.66. The van der Waals surface area contributed by atoms with Crippen LogP contribution in [0.1, 0.15) is 4.88 Å². The summed E-state index contributed by atoms with van der Waals surface area (Å²) >= 11 is 6.96. The Bertz CT molecular complexity index is 146. The lowest BCUT2D eigenvalue weighted by molar-refractivity contribution is 1.39. The largest absolute Gasteiger partial charge is 0.344 e. The van der Waals surface area contributed by atoms with Gasteiger partial charge in [0.1, 0.15) is 0 Å². The highest BCUT2D eigenvalue weighted by Crippen LogP contribution is 2.15. The summed E-state index contributed by atoms with van der Waals surface area (Å²) in [5, 5.41) is 0. The van der Waals surface area contributed by atoms with Crippen LogP contribution in [0, 0.1) is 6.92 Å².